The van der Waals surface area contributed by atoms with Crippen LogP contribution in [-0.4, -0.2) is 31.3 Å². The zero-order valence-corrected chi connectivity index (χ0v) is 9.07. The maximum atomic E-state index is 6.02. The monoisotopic (exact) mass is 207 g/mol. The van der Waals surface area contributed by atoms with E-state index >= 15 is 0 Å². The Bertz CT molecular complexity index is 333. The average Bonchev–Trinajstić information content (AvgIpc) is 2.50. The number of aryl methyl sites for hydroxylation is 1. The average molecular weight is 207 g/mol. The van der Waals surface area contributed by atoms with Gasteiger partial charge in [-0.05, 0) is 25.0 Å². The van der Waals surface area contributed by atoms with Gasteiger partial charge >= 0.3 is 0 Å². The normalized spacial score (nSPS) is 17.5. The topological polar surface area (TPSA) is 51.4 Å². The Labute approximate surface area is 90.0 Å². The van der Waals surface area contributed by atoms with E-state index in [2.05, 4.69) is 9.88 Å². The van der Waals surface area contributed by atoms with Crippen LogP contribution in [-0.2, 0) is 4.74 Å². The molecule has 1 aromatic rings. The van der Waals surface area contributed by atoms with Crippen LogP contribution in [0.15, 0.2) is 12.3 Å². The predicted octanol–water partition coefficient (Wildman–Crippen LogP) is 1.20. The highest BCUT2D eigenvalue weighted by atomic mass is 16.5. The molecule has 4 heteroatoms. The maximum absolute atomic E-state index is 6.02. The van der Waals surface area contributed by atoms with E-state index in [1.807, 2.05) is 19.2 Å². The van der Waals surface area contributed by atoms with E-state index in [9.17, 15) is 0 Å². The summed E-state index contributed by atoms with van der Waals surface area (Å²) in [7, 11) is 0. The fourth-order valence-electron chi connectivity index (χ4n) is 1.77. The molecule has 82 valence electrons. The Morgan fingerprint density at radius 3 is 3.13 bits per heavy atom. The lowest BCUT2D eigenvalue weighted by Gasteiger charge is -2.22. The zero-order chi connectivity index (χ0) is 10.7. The Balaban J connectivity index is 2.23. The molecule has 0 aliphatic carbocycles. The lowest BCUT2D eigenvalue weighted by molar-refractivity contribution is 0.152. The molecule has 1 fully saturated rings. The molecule has 0 radical (unpaired) electrons. The first kappa shape index (κ1) is 10.2. The largest absolute Gasteiger partial charge is 0.396 e. The molecule has 1 aromatic heterocycles. The summed E-state index contributed by atoms with van der Waals surface area (Å²) in [4.78, 5) is 6.55. The maximum Gasteiger partial charge on any atom is 0.152 e. The van der Waals surface area contributed by atoms with Crippen molar-refractivity contribution >= 4 is 11.5 Å². The molecule has 2 heterocycles. The summed E-state index contributed by atoms with van der Waals surface area (Å²) in [5.74, 6) is 0.903. The van der Waals surface area contributed by atoms with Crippen molar-refractivity contribution in [3.05, 3.63) is 17.8 Å². The van der Waals surface area contributed by atoms with Gasteiger partial charge in [0.15, 0.2) is 5.82 Å². The van der Waals surface area contributed by atoms with Crippen LogP contribution in [0.4, 0.5) is 11.5 Å². The van der Waals surface area contributed by atoms with Crippen molar-refractivity contribution in [2.24, 2.45) is 0 Å². The molecule has 1 saturated heterocycles. The molecule has 1 aliphatic rings. The summed E-state index contributed by atoms with van der Waals surface area (Å²) in [6.45, 7) is 5.45. The van der Waals surface area contributed by atoms with Gasteiger partial charge in [-0.15, -0.1) is 0 Å². The minimum atomic E-state index is 0.759. The highest BCUT2D eigenvalue weighted by Gasteiger charge is 2.14. The standard InChI is InChI=1S/C11H17N3O/c1-9-3-4-13-11(10(9)12)14-5-2-7-15-8-6-14/h3-4H,2,5-8,12H2,1H3. The minimum absolute atomic E-state index is 0.759. The van der Waals surface area contributed by atoms with Gasteiger partial charge in [-0.25, -0.2) is 4.98 Å². The van der Waals surface area contributed by atoms with Gasteiger partial charge in [0.2, 0.25) is 0 Å². The van der Waals surface area contributed by atoms with E-state index < -0.39 is 0 Å². The van der Waals surface area contributed by atoms with Crippen molar-refractivity contribution in [3.63, 3.8) is 0 Å². The molecule has 0 saturated carbocycles. The highest BCUT2D eigenvalue weighted by Crippen LogP contribution is 2.23. The summed E-state index contributed by atoms with van der Waals surface area (Å²) >= 11 is 0. The van der Waals surface area contributed by atoms with Crippen LogP contribution >= 0.6 is 0 Å². The second-order valence-corrected chi connectivity index (χ2v) is 3.82. The second-order valence-electron chi connectivity index (χ2n) is 3.82. The molecule has 15 heavy (non-hydrogen) atoms. The summed E-state index contributed by atoms with van der Waals surface area (Å²) < 4.78 is 5.41. The SMILES string of the molecule is Cc1ccnc(N2CCCOCC2)c1N. The Morgan fingerprint density at radius 2 is 2.27 bits per heavy atom. The molecule has 2 N–H and O–H groups in total. The van der Waals surface area contributed by atoms with E-state index in [-0.39, 0.29) is 0 Å². The molecular formula is C11H17N3O. The van der Waals surface area contributed by atoms with Crippen LogP contribution in [0.2, 0.25) is 0 Å². The van der Waals surface area contributed by atoms with Gasteiger partial charge in [0.25, 0.3) is 0 Å². The fraction of sp³-hybridized carbons (Fsp3) is 0.545. The van der Waals surface area contributed by atoms with E-state index in [0.717, 1.165) is 49.8 Å². The van der Waals surface area contributed by atoms with E-state index in [0.29, 0.717) is 0 Å². The van der Waals surface area contributed by atoms with Crippen molar-refractivity contribution in [1.82, 2.24) is 4.98 Å². The summed E-state index contributed by atoms with van der Waals surface area (Å²) in [6.07, 6.45) is 2.85. The third-order valence-corrected chi connectivity index (χ3v) is 2.71. The molecule has 0 aromatic carbocycles. The number of anilines is 2. The minimum Gasteiger partial charge on any atom is -0.396 e. The van der Waals surface area contributed by atoms with Gasteiger partial charge in [0.05, 0.1) is 12.3 Å². The lowest BCUT2D eigenvalue weighted by atomic mass is 10.2. The van der Waals surface area contributed by atoms with Crippen LogP contribution in [0, 0.1) is 6.92 Å². The third kappa shape index (κ3) is 2.21. The van der Waals surface area contributed by atoms with Gasteiger partial charge in [-0.3, -0.25) is 0 Å². The smallest absolute Gasteiger partial charge is 0.152 e. The summed E-state index contributed by atoms with van der Waals surface area (Å²) in [6, 6.07) is 1.94. The van der Waals surface area contributed by atoms with Crippen molar-refractivity contribution in [2.45, 2.75) is 13.3 Å². The molecule has 0 amide bonds. The second kappa shape index (κ2) is 4.49. The number of hydrogen-bond donors (Lipinski definition) is 1. The van der Waals surface area contributed by atoms with E-state index in [1.54, 1.807) is 0 Å². The molecule has 4 nitrogen and oxygen atoms in total. The van der Waals surface area contributed by atoms with Gasteiger partial charge < -0.3 is 15.4 Å². The molecular weight excluding hydrogens is 190 g/mol. The fourth-order valence-corrected chi connectivity index (χ4v) is 1.77. The van der Waals surface area contributed by atoms with Crippen LogP contribution in [0.25, 0.3) is 0 Å². The number of nitrogen functional groups attached to an aromatic ring is 1. The first-order valence-corrected chi connectivity index (χ1v) is 5.33. The molecule has 1 aliphatic heterocycles. The van der Waals surface area contributed by atoms with Gasteiger partial charge in [0, 0.05) is 25.9 Å². The van der Waals surface area contributed by atoms with Crippen molar-refractivity contribution in [3.8, 4) is 0 Å². The predicted molar refractivity (Wildman–Crippen MR) is 61.0 cm³/mol. The number of ether oxygens (including phenoxy) is 1. The van der Waals surface area contributed by atoms with Gasteiger partial charge in [0.1, 0.15) is 0 Å². The van der Waals surface area contributed by atoms with E-state index in [4.69, 9.17) is 10.5 Å². The quantitative estimate of drug-likeness (QED) is 0.751. The summed E-state index contributed by atoms with van der Waals surface area (Å²) in [5.41, 5.74) is 7.90. The van der Waals surface area contributed by atoms with Crippen molar-refractivity contribution < 1.29 is 4.74 Å². The van der Waals surface area contributed by atoms with Crippen LogP contribution in [0.5, 0.6) is 0 Å². The van der Waals surface area contributed by atoms with Crippen LogP contribution in [0.3, 0.4) is 0 Å². The molecule has 0 unspecified atom stereocenters. The highest BCUT2D eigenvalue weighted by molar-refractivity contribution is 5.66. The van der Waals surface area contributed by atoms with Crippen molar-refractivity contribution in [2.75, 3.05) is 36.9 Å². The molecule has 2 rings (SSSR count). The molecule has 0 atom stereocenters. The number of rotatable bonds is 1. The number of pyridine rings is 1. The number of nitrogens with two attached hydrogens (primary N) is 1. The molecule has 0 spiro atoms. The number of aromatic nitrogens is 1. The van der Waals surface area contributed by atoms with Crippen LogP contribution < -0.4 is 10.6 Å². The number of hydrogen-bond acceptors (Lipinski definition) is 4. The molecule has 0 bridgehead atoms. The van der Waals surface area contributed by atoms with Crippen LogP contribution in [0.1, 0.15) is 12.0 Å². The van der Waals surface area contributed by atoms with E-state index in [1.165, 1.54) is 0 Å². The zero-order valence-electron chi connectivity index (χ0n) is 9.07. The Hall–Kier alpha value is -1.29. The third-order valence-electron chi connectivity index (χ3n) is 2.71. The summed E-state index contributed by atoms with van der Waals surface area (Å²) in [5, 5.41) is 0. The van der Waals surface area contributed by atoms with Crippen molar-refractivity contribution in [1.29, 1.82) is 0 Å². The van der Waals surface area contributed by atoms with Gasteiger partial charge in [-0.2, -0.15) is 0 Å². The first-order chi connectivity index (χ1) is 7.29. The Morgan fingerprint density at radius 1 is 1.40 bits per heavy atom. The lowest BCUT2D eigenvalue weighted by Crippen LogP contribution is -2.27. The number of nitrogens with zero attached hydrogens (tertiary/aromatic N) is 2. The first-order valence-electron chi connectivity index (χ1n) is 5.33. The van der Waals surface area contributed by atoms with Gasteiger partial charge in [-0.1, -0.05) is 0 Å². The Kier molecular flexibility index (Phi) is 3.06.